The van der Waals surface area contributed by atoms with Gasteiger partial charge in [-0.05, 0) is 42.7 Å². The van der Waals surface area contributed by atoms with Gasteiger partial charge in [0, 0.05) is 16.9 Å². The van der Waals surface area contributed by atoms with E-state index in [2.05, 4.69) is 33.8 Å². The van der Waals surface area contributed by atoms with Gasteiger partial charge in [0.2, 0.25) is 0 Å². The number of rotatable bonds is 6. The molecule has 0 aliphatic rings. The van der Waals surface area contributed by atoms with Gasteiger partial charge in [0.25, 0.3) is 0 Å². The van der Waals surface area contributed by atoms with Gasteiger partial charge in [-0.2, -0.15) is 0 Å². The molecule has 0 fully saturated rings. The van der Waals surface area contributed by atoms with Crippen molar-refractivity contribution in [3.8, 4) is 0 Å². The number of nitrogen functional groups attached to an aromatic ring is 2. The van der Waals surface area contributed by atoms with Crippen molar-refractivity contribution in [3.63, 3.8) is 0 Å². The lowest BCUT2D eigenvalue weighted by Crippen LogP contribution is -2.09. The Hall–Kier alpha value is -1.18. The SMILES string of the molecule is CCCCc1ccc(N)c(C(C)CC(C)C)c1N. The first kappa shape index (κ1) is 14.9. The second-order valence-electron chi connectivity index (χ2n) is 5.78. The van der Waals surface area contributed by atoms with E-state index in [0.29, 0.717) is 11.8 Å². The van der Waals surface area contributed by atoms with E-state index in [0.717, 1.165) is 29.8 Å². The lowest BCUT2D eigenvalue weighted by atomic mass is 9.87. The van der Waals surface area contributed by atoms with E-state index in [1.54, 1.807) is 0 Å². The fourth-order valence-electron chi connectivity index (χ4n) is 2.66. The average Bonchev–Trinajstić information content (AvgIpc) is 2.27. The zero-order chi connectivity index (χ0) is 13.7. The van der Waals surface area contributed by atoms with E-state index in [4.69, 9.17) is 11.5 Å². The van der Waals surface area contributed by atoms with Gasteiger partial charge in [0.15, 0.2) is 0 Å². The molecule has 1 aromatic carbocycles. The Labute approximate surface area is 112 Å². The molecule has 0 radical (unpaired) electrons. The molecule has 2 nitrogen and oxygen atoms in total. The first-order valence-corrected chi connectivity index (χ1v) is 7.14. The molecular formula is C16H28N2. The minimum atomic E-state index is 0.437. The van der Waals surface area contributed by atoms with Crippen LogP contribution in [0.5, 0.6) is 0 Å². The zero-order valence-corrected chi connectivity index (χ0v) is 12.3. The van der Waals surface area contributed by atoms with Gasteiger partial charge in [-0.15, -0.1) is 0 Å². The van der Waals surface area contributed by atoms with E-state index in [9.17, 15) is 0 Å². The van der Waals surface area contributed by atoms with Gasteiger partial charge in [-0.3, -0.25) is 0 Å². The average molecular weight is 248 g/mol. The van der Waals surface area contributed by atoms with Gasteiger partial charge in [0.1, 0.15) is 0 Å². The predicted molar refractivity (Wildman–Crippen MR) is 81.7 cm³/mol. The molecule has 18 heavy (non-hydrogen) atoms. The lowest BCUT2D eigenvalue weighted by Gasteiger charge is -2.21. The summed E-state index contributed by atoms with van der Waals surface area (Å²) in [5.74, 6) is 1.10. The van der Waals surface area contributed by atoms with Crippen molar-refractivity contribution in [1.82, 2.24) is 0 Å². The van der Waals surface area contributed by atoms with Crippen molar-refractivity contribution in [1.29, 1.82) is 0 Å². The van der Waals surface area contributed by atoms with Crippen LogP contribution in [0.2, 0.25) is 0 Å². The molecule has 0 aliphatic heterocycles. The molecule has 1 atom stereocenters. The third kappa shape index (κ3) is 3.66. The smallest absolute Gasteiger partial charge is 0.0402 e. The highest BCUT2D eigenvalue weighted by molar-refractivity contribution is 5.66. The second-order valence-corrected chi connectivity index (χ2v) is 5.78. The van der Waals surface area contributed by atoms with E-state index in [1.807, 2.05) is 6.07 Å². The number of aryl methyl sites for hydroxylation is 1. The van der Waals surface area contributed by atoms with Crippen LogP contribution in [-0.4, -0.2) is 0 Å². The number of hydrogen-bond acceptors (Lipinski definition) is 2. The van der Waals surface area contributed by atoms with E-state index < -0.39 is 0 Å². The maximum Gasteiger partial charge on any atom is 0.0402 e. The van der Waals surface area contributed by atoms with Crippen LogP contribution >= 0.6 is 0 Å². The monoisotopic (exact) mass is 248 g/mol. The zero-order valence-electron chi connectivity index (χ0n) is 12.3. The molecule has 1 unspecified atom stereocenters. The maximum atomic E-state index is 6.32. The summed E-state index contributed by atoms with van der Waals surface area (Å²) in [7, 11) is 0. The summed E-state index contributed by atoms with van der Waals surface area (Å²) in [6.07, 6.45) is 4.57. The fourth-order valence-corrected chi connectivity index (χ4v) is 2.66. The summed E-state index contributed by atoms with van der Waals surface area (Å²) in [5, 5.41) is 0. The molecule has 4 N–H and O–H groups in total. The standard InChI is InChI=1S/C16H28N2/c1-5-6-7-13-8-9-14(17)15(16(13)18)12(4)10-11(2)3/h8-9,11-12H,5-7,10,17-18H2,1-4H3. The van der Waals surface area contributed by atoms with Crippen LogP contribution < -0.4 is 11.5 Å². The summed E-state index contributed by atoms with van der Waals surface area (Å²) >= 11 is 0. The minimum Gasteiger partial charge on any atom is -0.398 e. The van der Waals surface area contributed by atoms with Gasteiger partial charge in [-0.25, -0.2) is 0 Å². The number of unbranched alkanes of at least 4 members (excludes halogenated alkanes) is 1. The van der Waals surface area contributed by atoms with Crippen molar-refractivity contribution in [2.24, 2.45) is 5.92 Å². The van der Waals surface area contributed by atoms with Crippen molar-refractivity contribution in [2.45, 2.75) is 59.3 Å². The normalized spacial score (nSPS) is 12.9. The third-order valence-electron chi connectivity index (χ3n) is 3.53. The predicted octanol–water partition coefficient (Wildman–Crippen LogP) is 4.34. The van der Waals surface area contributed by atoms with Gasteiger partial charge >= 0.3 is 0 Å². The summed E-state index contributed by atoms with van der Waals surface area (Å²) in [5.41, 5.74) is 16.6. The summed E-state index contributed by atoms with van der Waals surface area (Å²) < 4.78 is 0. The molecule has 102 valence electrons. The Morgan fingerprint density at radius 2 is 1.78 bits per heavy atom. The van der Waals surface area contributed by atoms with Crippen LogP contribution in [0, 0.1) is 5.92 Å². The van der Waals surface area contributed by atoms with Crippen LogP contribution in [0.1, 0.15) is 64.0 Å². The summed E-state index contributed by atoms with van der Waals surface area (Å²) in [6, 6.07) is 4.11. The molecule has 2 heteroatoms. The number of nitrogens with two attached hydrogens (primary N) is 2. The molecule has 0 heterocycles. The number of hydrogen-bond donors (Lipinski definition) is 2. The van der Waals surface area contributed by atoms with Crippen molar-refractivity contribution in [2.75, 3.05) is 11.5 Å². The molecule has 0 spiro atoms. The molecule has 0 aliphatic carbocycles. The molecule has 0 bridgehead atoms. The molecule has 1 rings (SSSR count). The molecule has 0 amide bonds. The highest BCUT2D eigenvalue weighted by atomic mass is 14.6. The largest absolute Gasteiger partial charge is 0.398 e. The Morgan fingerprint density at radius 3 is 2.33 bits per heavy atom. The first-order chi connectivity index (χ1) is 8.47. The van der Waals surface area contributed by atoms with E-state index >= 15 is 0 Å². The third-order valence-corrected chi connectivity index (χ3v) is 3.53. The molecule has 1 aromatic rings. The highest BCUT2D eigenvalue weighted by Crippen LogP contribution is 2.35. The van der Waals surface area contributed by atoms with Crippen LogP contribution in [-0.2, 0) is 6.42 Å². The Bertz CT molecular complexity index is 383. The van der Waals surface area contributed by atoms with E-state index in [1.165, 1.54) is 18.4 Å². The van der Waals surface area contributed by atoms with Crippen molar-refractivity contribution < 1.29 is 0 Å². The molecular weight excluding hydrogens is 220 g/mol. The number of benzene rings is 1. The van der Waals surface area contributed by atoms with Gasteiger partial charge in [0.05, 0.1) is 0 Å². The van der Waals surface area contributed by atoms with Crippen molar-refractivity contribution >= 4 is 11.4 Å². The molecule has 0 aromatic heterocycles. The molecule has 0 saturated heterocycles. The Kier molecular flexibility index (Phi) is 5.52. The van der Waals surface area contributed by atoms with Crippen LogP contribution in [0.3, 0.4) is 0 Å². The summed E-state index contributed by atoms with van der Waals surface area (Å²) in [4.78, 5) is 0. The quantitative estimate of drug-likeness (QED) is 0.736. The van der Waals surface area contributed by atoms with Gasteiger partial charge < -0.3 is 11.5 Å². The van der Waals surface area contributed by atoms with Crippen LogP contribution in [0.25, 0.3) is 0 Å². The Balaban J connectivity index is 3.01. The fraction of sp³-hybridized carbons (Fsp3) is 0.625. The molecule has 0 saturated carbocycles. The lowest BCUT2D eigenvalue weighted by molar-refractivity contribution is 0.525. The first-order valence-electron chi connectivity index (χ1n) is 7.14. The Morgan fingerprint density at radius 1 is 1.11 bits per heavy atom. The van der Waals surface area contributed by atoms with Crippen LogP contribution in [0.15, 0.2) is 12.1 Å². The topological polar surface area (TPSA) is 52.0 Å². The van der Waals surface area contributed by atoms with Crippen LogP contribution in [0.4, 0.5) is 11.4 Å². The number of anilines is 2. The minimum absolute atomic E-state index is 0.437. The summed E-state index contributed by atoms with van der Waals surface area (Å²) in [6.45, 7) is 8.91. The van der Waals surface area contributed by atoms with Crippen molar-refractivity contribution in [3.05, 3.63) is 23.3 Å². The maximum absolute atomic E-state index is 6.32. The van der Waals surface area contributed by atoms with E-state index in [-0.39, 0.29) is 0 Å². The van der Waals surface area contributed by atoms with Gasteiger partial charge in [-0.1, -0.05) is 40.2 Å². The second kappa shape index (κ2) is 6.67. The highest BCUT2D eigenvalue weighted by Gasteiger charge is 2.16.